The molecule has 0 amide bonds. The van der Waals surface area contributed by atoms with Crippen molar-refractivity contribution in [2.45, 2.75) is 0 Å². The number of benzene rings is 1. The largest absolute Gasteiger partial charge is 0.478 e. The minimum Gasteiger partial charge on any atom is -0.478 e. The molecule has 0 unspecified atom stereocenters. The van der Waals surface area contributed by atoms with Gasteiger partial charge in [-0.3, -0.25) is 20.2 Å². The van der Waals surface area contributed by atoms with Gasteiger partial charge in [0.2, 0.25) is 0 Å². The topological polar surface area (TPSA) is 186 Å². The molecule has 12 nitrogen and oxygen atoms in total. The van der Waals surface area contributed by atoms with Gasteiger partial charge >= 0.3 is 23.3 Å². The number of pyridine rings is 1. The van der Waals surface area contributed by atoms with Crippen LogP contribution in [0.15, 0.2) is 18.3 Å². The highest BCUT2D eigenvalue weighted by Crippen LogP contribution is 2.44. The fraction of sp³-hybridized carbons (Fsp3) is 0. The Morgan fingerprint density at radius 3 is 2.15 bits per heavy atom. The lowest BCUT2D eigenvalue weighted by Gasteiger charge is -2.11. The number of halogens is 2. The van der Waals surface area contributed by atoms with E-state index in [1.165, 1.54) is 0 Å². The van der Waals surface area contributed by atoms with Crippen LogP contribution < -0.4 is 5.32 Å². The van der Waals surface area contributed by atoms with Gasteiger partial charge in [0.1, 0.15) is 10.8 Å². The molecule has 0 aliphatic rings. The van der Waals surface area contributed by atoms with Gasteiger partial charge in [-0.15, -0.1) is 0 Å². The first-order valence-corrected chi connectivity index (χ1v) is 7.34. The van der Waals surface area contributed by atoms with E-state index in [1.807, 2.05) is 0 Å². The Bertz CT molecular complexity index is 1010. The van der Waals surface area contributed by atoms with Gasteiger partial charge in [-0.2, -0.15) is 0 Å². The Balaban J connectivity index is 2.74. The van der Waals surface area contributed by atoms with Gasteiger partial charge in [0.25, 0.3) is 0 Å². The third kappa shape index (κ3) is 3.86. The summed E-state index contributed by atoms with van der Waals surface area (Å²) in [6, 6.07) is 1.50. The van der Waals surface area contributed by atoms with Gasteiger partial charge < -0.3 is 15.5 Å². The van der Waals surface area contributed by atoms with Crippen molar-refractivity contribution in [2.24, 2.45) is 0 Å². The van der Waals surface area contributed by atoms with Gasteiger partial charge in [-0.05, 0) is 6.07 Å². The first kappa shape index (κ1) is 19.8. The summed E-state index contributed by atoms with van der Waals surface area (Å²) in [6.07, 6.45) is 0.863. The van der Waals surface area contributed by atoms with Crippen molar-refractivity contribution < 1.29 is 29.6 Å². The van der Waals surface area contributed by atoms with Crippen LogP contribution >= 0.6 is 23.2 Å². The minimum absolute atomic E-state index is 0.297. The molecule has 0 fully saturated rings. The zero-order valence-electron chi connectivity index (χ0n) is 12.7. The molecule has 0 saturated heterocycles. The number of hydrogen-bond acceptors (Lipinski definition) is 8. The van der Waals surface area contributed by atoms with Gasteiger partial charge in [0.05, 0.1) is 26.0 Å². The number of anilines is 2. The molecule has 2 aromatic rings. The molecule has 14 heteroatoms. The van der Waals surface area contributed by atoms with Crippen LogP contribution in [-0.4, -0.2) is 37.0 Å². The summed E-state index contributed by atoms with van der Waals surface area (Å²) < 4.78 is 0. The third-order valence-corrected chi connectivity index (χ3v) is 3.83. The van der Waals surface area contributed by atoms with E-state index in [2.05, 4.69) is 10.3 Å². The zero-order valence-corrected chi connectivity index (χ0v) is 14.2. The molecule has 0 atom stereocenters. The first-order chi connectivity index (χ1) is 12.5. The average molecular weight is 417 g/mol. The van der Waals surface area contributed by atoms with Crippen molar-refractivity contribution in [1.82, 2.24) is 4.98 Å². The van der Waals surface area contributed by atoms with Crippen LogP contribution in [0.3, 0.4) is 0 Å². The predicted octanol–water partition coefficient (Wildman–Crippen LogP) is 3.34. The van der Waals surface area contributed by atoms with Gasteiger partial charge in [-0.1, -0.05) is 23.2 Å². The summed E-state index contributed by atoms with van der Waals surface area (Å²) in [4.78, 5) is 46.2. The maximum Gasteiger partial charge on any atom is 0.337 e. The quantitative estimate of drug-likeness (QED) is 0.465. The lowest BCUT2D eigenvalue weighted by molar-refractivity contribution is -0.392. The molecule has 0 radical (unpaired) electrons. The Morgan fingerprint density at radius 1 is 1.07 bits per heavy atom. The number of rotatable bonds is 6. The second-order valence-corrected chi connectivity index (χ2v) is 5.57. The maximum absolute atomic E-state index is 11.3. The van der Waals surface area contributed by atoms with Gasteiger partial charge in [0, 0.05) is 12.3 Å². The lowest BCUT2D eigenvalue weighted by atomic mass is 10.1. The monoisotopic (exact) mass is 416 g/mol. The number of nitrogens with zero attached hydrogens (tertiary/aromatic N) is 3. The van der Waals surface area contributed by atoms with Crippen molar-refractivity contribution in [3.63, 3.8) is 0 Å². The summed E-state index contributed by atoms with van der Waals surface area (Å²) in [6.45, 7) is 0. The summed E-state index contributed by atoms with van der Waals surface area (Å²) in [5.41, 5.74) is -3.96. The van der Waals surface area contributed by atoms with E-state index in [9.17, 15) is 29.8 Å². The number of aromatic nitrogens is 1. The minimum atomic E-state index is -1.71. The number of carboxylic acids is 2. The Kier molecular flexibility index (Phi) is 5.42. The number of aromatic carboxylic acids is 2. The molecule has 0 aliphatic carbocycles. The van der Waals surface area contributed by atoms with Crippen molar-refractivity contribution in [2.75, 3.05) is 5.32 Å². The molecule has 140 valence electrons. The fourth-order valence-electron chi connectivity index (χ4n) is 1.99. The van der Waals surface area contributed by atoms with E-state index in [0.29, 0.717) is 6.07 Å². The first-order valence-electron chi connectivity index (χ1n) is 6.59. The average Bonchev–Trinajstić information content (AvgIpc) is 2.55. The van der Waals surface area contributed by atoms with E-state index >= 15 is 0 Å². The molecule has 1 aromatic carbocycles. The third-order valence-electron chi connectivity index (χ3n) is 3.16. The summed E-state index contributed by atoms with van der Waals surface area (Å²) in [5.74, 6) is -3.39. The number of nitro benzene ring substituents is 2. The van der Waals surface area contributed by atoms with E-state index < -0.39 is 49.4 Å². The Labute approximate surface area is 158 Å². The molecule has 3 N–H and O–H groups in total. The molecule has 1 heterocycles. The molecule has 1 aromatic heterocycles. The molecule has 0 spiro atoms. The molecular weight excluding hydrogens is 411 g/mol. The standard InChI is InChI=1S/C13H6Cl2N4O8/c14-6-1-4(12(20)21)3-16-11(6)17-9-7(18(24)25)2-5(13(22)23)8(15)10(9)19(26)27/h1-3H,(H,16,17)(H,20,21)(H,22,23). The van der Waals surface area contributed by atoms with Crippen LogP contribution in [0.25, 0.3) is 0 Å². The van der Waals surface area contributed by atoms with Crippen LogP contribution in [0.4, 0.5) is 22.9 Å². The number of carboxylic acid groups (broad SMARTS) is 2. The SMILES string of the molecule is O=C(O)c1cnc(Nc2c([N+](=O)[O-])cc(C(=O)O)c(Cl)c2[N+](=O)[O-])c(Cl)c1. The van der Waals surface area contributed by atoms with E-state index in [1.54, 1.807) is 0 Å². The second kappa shape index (κ2) is 7.39. The van der Waals surface area contributed by atoms with Gasteiger partial charge in [-0.25, -0.2) is 14.6 Å². The van der Waals surface area contributed by atoms with Crippen molar-refractivity contribution in [1.29, 1.82) is 0 Å². The molecular formula is C13H6Cl2N4O8. The van der Waals surface area contributed by atoms with Crippen molar-refractivity contribution in [3.8, 4) is 0 Å². The maximum atomic E-state index is 11.3. The number of nitrogens with one attached hydrogen (secondary N) is 1. The number of nitro groups is 2. The Hall–Kier alpha value is -3.51. The molecule has 0 aliphatic heterocycles. The summed E-state index contributed by atoms with van der Waals surface area (Å²) in [7, 11) is 0. The lowest BCUT2D eigenvalue weighted by Crippen LogP contribution is -2.08. The van der Waals surface area contributed by atoms with Crippen molar-refractivity contribution in [3.05, 3.63) is 59.7 Å². The fourth-order valence-corrected chi connectivity index (χ4v) is 2.50. The van der Waals surface area contributed by atoms with Crippen LogP contribution in [0.2, 0.25) is 10.0 Å². The van der Waals surface area contributed by atoms with E-state index in [-0.39, 0.29) is 16.4 Å². The van der Waals surface area contributed by atoms with E-state index in [0.717, 1.165) is 12.3 Å². The smallest absolute Gasteiger partial charge is 0.337 e. The highest BCUT2D eigenvalue weighted by atomic mass is 35.5. The molecule has 2 rings (SSSR count). The molecule has 27 heavy (non-hydrogen) atoms. The van der Waals surface area contributed by atoms with Crippen LogP contribution in [0.5, 0.6) is 0 Å². The number of hydrogen-bond donors (Lipinski definition) is 3. The Morgan fingerprint density at radius 2 is 1.70 bits per heavy atom. The van der Waals surface area contributed by atoms with Gasteiger partial charge in [0.15, 0.2) is 5.69 Å². The molecule has 0 saturated carbocycles. The van der Waals surface area contributed by atoms with Crippen LogP contribution in [-0.2, 0) is 0 Å². The normalized spacial score (nSPS) is 10.3. The second-order valence-electron chi connectivity index (χ2n) is 4.78. The highest BCUT2D eigenvalue weighted by Gasteiger charge is 2.34. The summed E-state index contributed by atoms with van der Waals surface area (Å²) >= 11 is 11.6. The summed E-state index contributed by atoms with van der Waals surface area (Å²) in [5, 5.41) is 41.6. The zero-order chi connectivity index (χ0) is 20.5. The predicted molar refractivity (Wildman–Crippen MR) is 91.2 cm³/mol. The molecule has 0 bridgehead atoms. The van der Waals surface area contributed by atoms with Crippen LogP contribution in [0, 0.1) is 20.2 Å². The van der Waals surface area contributed by atoms with E-state index in [4.69, 9.17) is 33.4 Å². The number of carbonyl (C=O) groups is 2. The van der Waals surface area contributed by atoms with Crippen LogP contribution in [0.1, 0.15) is 20.7 Å². The highest BCUT2D eigenvalue weighted by molar-refractivity contribution is 6.36. The van der Waals surface area contributed by atoms with Crippen molar-refractivity contribution >= 4 is 58.0 Å².